The normalized spacial score (nSPS) is 12.3. The number of nitrogens with two attached hydrogens (primary N) is 1. The molecule has 2 atom stereocenters. The molecule has 31 heavy (non-hydrogen) atoms. The van der Waals surface area contributed by atoms with Gasteiger partial charge in [-0.3, -0.25) is 19.2 Å². The molecule has 0 unspecified atom stereocenters. The van der Waals surface area contributed by atoms with Gasteiger partial charge in [0.25, 0.3) is 0 Å². The van der Waals surface area contributed by atoms with Crippen molar-refractivity contribution in [2.75, 3.05) is 0 Å². The van der Waals surface area contributed by atoms with Gasteiger partial charge in [-0.25, -0.2) is 0 Å². The van der Waals surface area contributed by atoms with E-state index in [1.807, 2.05) is 55.5 Å². The second-order valence-corrected chi connectivity index (χ2v) is 7.07. The van der Waals surface area contributed by atoms with E-state index in [0.29, 0.717) is 0 Å². The molecule has 2 aromatic carbocycles. The monoisotopic (exact) mass is 425 g/mol. The number of carbonyl (C=O) groups excluding carboxylic acids is 4. The fraction of sp³-hybridized carbons (Fsp3) is 0.304. The van der Waals surface area contributed by atoms with Gasteiger partial charge in [-0.05, 0) is 18.1 Å². The number of hydrogen-bond donors (Lipinski definition) is 3. The van der Waals surface area contributed by atoms with E-state index in [2.05, 4.69) is 10.6 Å². The standard InChI is InChI=1S/C23H27N3O5/c1-16(18-10-6-3-7-11-18)25-20(27)12-13-21(28)26-19(23(24)30)14-22(29)31-15-17-8-4-2-5-9-17/h2-11,16,19H,12-15H2,1H3,(H2,24,30)(H,25,27)(H,26,28)/t16-,19+/m1/s1. The number of amides is 3. The van der Waals surface area contributed by atoms with Gasteiger partial charge >= 0.3 is 5.97 Å². The molecule has 0 heterocycles. The van der Waals surface area contributed by atoms with Crippen LogP contribution in [0.3, 0.4) is 0 Å². The van der Waals surface area contributed by atoms with Gasteiger partial charge in [-0.1, -0.05) is 60.7 Å². The smallest absolute Gasteiger partial charge is 0.308 e. The van der Waals surface area contributed by atoms with Crippen LogP contribution >= 0.6 is 0 Å². The van der Waals surface area contributed by atoms with E-state index >= 15 is 0 Å². The first-order valence-corrected chi connectivity index (χ1v) is 9.97. The molecule has 0 fully saturated rings. The summed E-state index contributed by atoms with van der Waals surface area (Å²) in [5.41, 5.74) is 7.03. The van der Waals surface area contributed by atoms with Crippen LogP contribution in [0, 0.1) is 0 Å². The van der Waals surface area contributed by atoms with Gasteiger partial charge in [0.2, 0.25) is 17.7 Å². The molecule has 2 aromatic rings. The highest BCUT2D eigenvalue weighted by atomic mass is 16.5. The third-order valence-corrected chi connectivity index (χ3v) is 4.55. The zero-order chi connectivity index (χ0) is 22.6. The minimum atomic E-state index is -1.21. The minimum absolute atomic E-state index is 0.0544. The Morgan fingerprint density at radius 1 is 0.871 bits per heavy atom. The van der Waals surface area contributed by atoms with Crippen molar-refractivity contribution in [2.45, 2.75) is 44.9 Å². The summed E-state index contributed by atoms with van der Waals surface area (Å²) in [4.78, 5) is 47.8. The van der Waals surface area contributed by atoms with Crippen LogP contribution in [0.5, 0.6) is 0 Å². The van der Waals surface area contributed by atoms with E-state index in [9.17, 15) is 19.2 Å². The fourth-order valence-electron chi connectivity index (χ4n) is 2.82. The second-order valence-electron chi connectivity index (χ2n) is 7.07. The van der Waals surface area contributed by atoms with Crippen LogP contribution in [0.1, 0.15) is 43.4 Å². The third-order valence-electron chi connectivity index (χ3n) is 4.55. The molecular weight excluding hydrogens is 398 g/mol. The van der Waals surface area contributed by atoms with Crippen molar-refractivity contribution in [3.05, 3.63) is 71.8 Å². The maximum absolute atomic E-state index is 12.1. The Bertz CT molecular complexity index is 887. The van der Waals surface area contributed by atoms with Gasteiger partial charge in [0, 0.05) is 12.8 Å². The maximum atomic E-state index is 12.1. The third kappa shape index (κ3) is 8.69. The molecule has 8 nitrogen and oxygen atoms in total. The predicted molar refractivity (Wildman–Crippen MR) is 114 cm³/mol. The molecule has 164 valence electrons. The Balaban J connectivity index is 1.75. The van der Waals surface area contributed by atoms with Crippen molar-refractivity contribution >= 4 is 23.7 Å². The number of carbonyl (C=O) groups is 4. The predicted octanol–water partition coefficient (Wildman–Crippen LogP) is 1.75. The Kier molecular flexibility index (Phi) is 9.22. The molecule has 2 rings (SSSR count). The van der Waals surface area contributed by atoms with Gasteiger partial charge in [0.15, 0.2) is 0 Å². The highest BCUT2D eigenvalue weighted by Gasteiger charge is 2.23. The Hall–Kier alpha value is -3.68. The summed E-state index contributed by atoms with van der Waals surface area (Å²) in [5, 5.41) is 5.20. The first-order chi connectivity index (χ1) is 14.8. The molecule has 8 heteroatoms. The molecule has 0 aliphatic rings. The summed E-state index contributed by atoms with van der Waals surface area (Å²) < 4.78 is 5.11. The van der Waals surface area contributed by atoms with E-state index in [1.54, 1.807) is 12.1 Å². The van der Waals surface area contributed by atoms with Crippen LogP contribution in [-0.2, 0) is 30.5 Å². The molecule has 0 radical (unpaired) electrons. The van der Waals surface area contributed by atoms with E-state index in [-0.39, 0.29) is 37.8 Å². The first kappa shape index (κ1) is 23.6. The lowest BCUT2D eigenvalue weighted by Gasteiger charge is -2.16. The fourth-order valence-corrected chi connectivity index (χ4v) is 2.82. The van der Waals surface area contributed by atoms with E-state index < -0.39 is 23.8 Å². The number of benzene rings is 2. The average Bonchev–Trinajstić information content (AvgIpc) is 2.77. The van der Waals surface area contributed by atoms with E-state index in [1.165, 1.54) is 0 Å². The Morgan fingerprint density at radius 3 is 2.00 bits per heavy atom. The lowest BCUT2D eigenvalue weighted by molar-refractivity contribution is -0.147. The molecule has 0 saturated heterocycles. The zero-order valence-corrected chi connectivity index (χ0v) is 17.4. The maximum Gasteiger partial charge on any atom is 0.308 e. The van der Waals surface area contributed by atoms with Gasteiger partial charge in [0.1, 0.15) is 12.6 Å². The summed E-state index contributed by atoms with van der Waals surface area (Å²) in [7, 11) is 0. The first-order valence-electron chi connectivity index (χ1n) is 9.97. The van der Waals surface area contributed by atoms with Crippen molar-refractivity contribution in [2.24, 2.45) is 5.73 Å². The topological polar surface area (TPSA) is 128 Å². The summed E-state index contributed by atoms with van der Waals surface area (Å²) in [6, 6.07) is 17.1. The molecule has 0 aromatic heterocycles. The van der Waals surface area contributed by atoms with Crippen molar-refractivity contribution in [3.8, 4) is 0 Å². The quantitative estimate of drug-likeness (QED) is 0.473. The Labute approximate surface area is 181 Å². The second kappa shape index (κ2) is 12.1. The zero-order valence-electron chi connectivity index (χ0n) is 17.4. The van der Waals surface area contributed by atoms with Crippen LogP contribution in [0.4, 0.5) is 0 Å². The number of ether oxygens (including phenoxy) is 1. The van der Waals surface area contributed by atoms with Gasteiger partial charge in [-0.2, -0.15) is 0 Å². The van der Waals surface area contributed by atoms with E-state index in [0.717, 1.165) is 11.1 Å². The molecule has 0 spiro atoms. The number of primary amides is 1. The Morgan fingerprint density at radius 2 is 1.42 bits per heavy atom. The molecule has 0 aliphatic carbocycles. The van der Waals surface area contributed by atoms with Crippen LogP contribution < -0.4 is 16.4 Å². The number of nitrogens with one attached hydrogen (secondary N) is 2. The lowest BCUT2D eigenvalue weighted by Crippen LogP contribution is -2.46. The van der Waals surface area contributed by atoms with Crippen LogP contribution in [0.25, 0.3) is 0 Å². The average molecular weight is 425 g/mol. The summed E-state index contributed by atoms with van der Waals surface area (Å²) in [6.45, 7) is 1.90. The lowest BCUT2D eigenvalue weighted by atomic mass is 10.1. The summed E-state index contributed by atoms with van der Waals surface area (Å²) >= 11 is 0. The van der Waals surface area contributed by atoms with Crippen LogP contribution in [-0.4, -0.2) is 29.7 Å². The molecular formula is C23H27N3O5. The van der Waals surface area contributed by atoms with Crippen LogP contribution in [0.2, 0.25) is 0 Å². The number of esters is 1. The highest BCUT2D eigenvalue weighted by molar-refractivity contribution is 5.91. The van der Waals surface area contributed by atoms with Crippen molar-refractivity contribution < 1.29 is 23.9 Å². The minimum Gasteiger partial charge on any atom is -0.461 e. The van der Waals surface area contributed by atoms with E-state index in [4.69, 9.17) is 10.5 Å². The van der Waals surface area contributed by atoms with Crippen molar-refractivity contribution in [3.63, 3.8) is 0 Å². The van der Waals surface area contributed by atoms with Gasteiger partial charge in [0.05, 0.1) is 12.5 Å². The van der Waals surface area contributed by atoms with Gasteiger partial charge in [-0.15, -0.1) is 0 Å². The molecule has 0 aliphatic heterocycles. The SMILES string of the molecule is C[C@@H](NC(=O)CCC(=O)N[C@@H](CC(=O)OCc1ccccc1)C(N)=O)c1ccccc1. The number of rotatable bonds is 11. The van der Waals surface area contributed by atoms with Crippen LogP contribution in [0.15, 0.2) is 60.7 Å². The molecule has 0 saturated carbocycles. The summed E-state index contributed by atoms with van der Waals surface area (Å²) in [5.74, 6) is -2.37. The molecule has 0 bridgehead atoms. The van der Waals surface area contributed by atoms with Gasteiger partial charge < -0.3 is 21.1 Å². The molecule has 4 N–H and O–H groups in total. The largest absolute Gasteiger partial charge is 0.461 e. The molecule has 3 amide bonds. The van der Waals surface area contributed by atoms with Crippen molar-refractivity contribution in [1.82, 2.24) is 10.6 Å². The highest BCUT2D eigenvalue weighted by Crippen LogP contribution is 2.11. The summed E-state index contributed by atoms with van der Waals surface area (Å²) in [6.07, 6.45) is -0.589. The number of hydrogen-bond acceptors (Lipinski definition) is 5. The van der Waals surface area contributed by atoms with Crippen molar-refractivity contribution in [1.29, 1.82) is 0 Å².